The van der Waals surface area contributed by atoms with Crippen LogP contribution in [0, 0.1) is 0 Å². The predicted octanol–water partition coefficient (Wildman–Crippen LogP) is 0.660. The number of para-hydroxylation sites is 1. The van der Waals surface area contributed by atoms with Gasteiger partial charge in [0.1, 0.15) is 24.7 Å². The number of rotatable bonds is 6. The Balaban J connectivity index is 1.64. The molecule has 1 amide bonds. The van der Waals surface area contributed by atoms with E-state index in [1.165, 1.54) is 4.68 Å². The largest absolute Gasteiger partial charge is 0.492 e. The lowest BCUT2D eigenvalue weighted by Crippen LogP contribution is -2.31. The van der Waals surface area contributed by atoms with Crippen LogP contribution in [0.5, 0.6) is 5.75 Å². The summed E-state index contributed by atoms with van der Waals surface area (Å²) in [5.74, 6) is 1.07. The first kappa shape index (κ1) is 12.9. The van der Waals surface area contributed by atoms with Crippen molar-refractivity contribution in [2.45, 2.75) is 6.54 Å². The Morgan fingerprint density at radius 1 is 1.32 bits per heavy atom. The third-order valence-corrected chi connectivity index (χ3v) is 2.40. The molecule has 6 nitrogen and oxygen atoms in total. The van der Waals surface area contributed by atoms with Crippen LogP contribution in [0.4, 0.5) is 5.82 Å². The lowest BCUT2D eigenvalue weighted by atomic mass is 10.3. The lowest BCUT2D eigenvalue weighted by Gasteiger charge is -2.07. The molecule has 0 bridgehead atoms. The van der Waals surface area contributed by atoms with E-state index in [0.29, 0.717) is 19.0 Å². The second-order valence-electron chi connectivity index (χ2n) is 3.95. The van der Waals surface area contributed by atoms with Crippen molar-refractivity contribution in [1.82, 2.24) is 15.1 Å². The van der Waals surface area contributed by atoms with E-state index in [-0.39, 0.29) is 12.5 Å². The van der Waals surface area contributed by atoms with E-state index in [1.807, 2.05) is 30.3 Å². The number of carbonyl (C=O) groups excluding carboxylic acids is 1. The molecule has 1 aromatic heterocycles. The highest BCUT2D eigenvalue weighted by Crippen LogP contribution is 2.07. The van der Waals surface area contributed by atoms with Gasteiger partial charge in [-0.2, -0.15) is 5.10 Å². The number of carbonyl (C=O) groups is 1. The summed E-state index contributed by atoms with van der Waals surface area (Å²) in [7, 11) is 0. The fraction of sp³-hybridized carbons (Fsp3) is 0.231. The maximum absolute atomic E-state index is 11.6. The number of nitrogens with zero attached hydrogens (tertiary/aromatic N) is 2. The van der Waals surface area contributed by atoms with Crippen LogP contribution in [0.15, 0.2) is 42.6 Å². The monoisotopic (exact) mass is 260 g/mol. The van der Waals surface area contributed by atoms with Gasteiger partial charge < -0.3 is 15.8 Å². The highest BCUT2D eigenvalue weighted by molar-refractivity contribution is 5.75. The maximum Gasteiger partial charge on any atom is 0.241 e. The molecule has 0 aliphatic heterocycles. The van der Waals surface area contributed by atoms with Crippen molar-refractivity contribution in [1.29, 1.82) is 0 Å². The van der Waals surface area contributed by atoms with Crippen molar-refractivity contribution in [2.24, 2.45) is 0 Å². The van der Waals surface area contributed by atoms with Crippen molar-refractivity contribution < 1.29 is 9.53 Å². The molecule has 3 N–H and O–H groups in total. The van der Waals surface area contributed by atoms with E-state index in [4.69, 9.17) is 10.5 Å². The molecule has 0 aliphatic rings. The summed E-state index contributed by atoms with van der Waals surface area (Å²) in [5.41, 5.74) is 5.46. The van der Waals surface area contributed by atoms with E-state index < -0.39 is 0 Å². The van der Waals surface area contributed by atoms with Crippen LogP contribution in [0.3, 0.4) is 0 Å². The number of nitrogen functional groups attached to an aromatic ring is 1. The van der Waals surface area contributed by atoms with Crippen molar-refractivity contribution in [3.63, 3.8) is 0 Å². The van der Waals surface area contributed by atoms with Crippen molar-refractivity contribution in [3.8, 4) is 5.75 Å². The van der Waals surface area contributed by atoms with Gasteiger partial charge in [-0.05, 0) is 18.2 Å². The number of nitrogens with two attached hydrogens (primary N) is 1. The molecule has 0 saturated carbocycles. The third-order valence-electron chi connectivity index (χ3n) is 2.40. The Morgan fingerprint density at radius 3 is 2.79 bits per heavy atom. The van der Waals surface area contributed by atoms with Gasteiger partial charge in [-0.3, -0.25) is 9.48 Å². The van der Waals surface area contributed by atoms with Gasteiger partial charge in [0.15, 0.2) is 0 Å². The van der Waals surface area contributed by atoms with Gasteiger partial charge in [-0.25, -0.2) is 0 Å². The van der Waals surface area contributed by atoms with Crippen LogP contribution in [0.1, 0.15) is 0 Å². The first-order valence-corrected chi connectivity index (χ1v) is 5.97. The topological polar surface area (TPSA) is 82.2 Å². The molecule has 2 aromatic rings. The quantitative estimate of drug-likeness (QED) is 0.747. The van der Waals surface area contributed by atoms with Gasteiger partial charge in [-0.15, -0.1) is 0 Å². The maximum atomic E-state index is 11.6. The van der Waals surface area contributed by atoms with Gasteiger partial charge in [-0.1, -0.05) is 18.2 Å². The molecule has 0 spiro atoms. The zero-order valence-corrected chi connectivity index (χ0v) is 10.5. The predicted molar refractivity (Wildman–Crippen MR) is 71.6 cm³/mol. The minimum Gasteiger partial charge on any atom is -0.492 e. The molecule has 1 heterocycles. The smallest absolute Gasteiger partial charge is 0.241 e. The molecule has 0 saturated heterocycles. The van der Waals surface area contributed by atoms with E-state index in [9.17, 15) is 4.79 Å². The number of hydrogen-bond acceptors (Lipinski definition) is 4. The SMILES string of the molecule is Nc1ccn(CC(=O)NCCOc2ccccc2)n1. The average molecular weight is 260 g/mol. The fourth-order valence-corrected chi connectivity index (χ4v) is 1.54. The van der Waals surface area contributed by atoms with Crippen LogP contribution < -0.4 is 15.8 Å². The molecule has 0 atom stereocenters. The number of aromatic nitrogens is 2. The number of ether oxygens (including phenoxy) is 1. The van der Waals surface area contributed by atoms with E-state index >= 15 is 0 Å². The minimum atomic E-state index is -0.125. The summed E-state index contributed by atoms with van der Waals surface area (Å²) < 4.78 is 6.94. The molecular formula is C13H16N4O2. The number of nitrogens with one attached hydrogen (secondary N) is 1. The van der Waals surface area contributed by atoms with Gasteiger partial charge in [0.05, 0.1) is 6.54 Å². The standard InChI is InChI=1S/C13H16N4O2/c14-12-6-8-17(16-12)10-13(18)15-7-9-19-11-4-2-1-3-5-11/h1-6,8H,7,9-10H2,(H2,14,16)(H,15,18). The number of amides is 1. The van der Waals surface area contributed by atoms with Crippen LogP contribution in [-0.2, 0) is 11.3 Å². The van der Waals surface area contributed by atoms with Crippen LogP contribution in [-0.4, -0.2) is 28.8 Å². The summed E-state index contributed by atoms with van der Waals surface area (Å²) in [6, 6.07) is 11.1. The highest BCUT2D eigenvalue weighted by atomic mass is 16.5. The zero-order valence-electron chi connectivity index (χ0n) is 10.5. The number of hydrogen-bond donors (Lipinski definition) is 2. The Morgan fingerprint density at radius 2 is 2.11 bits per heavy atom. The molecule has 0 aliphatic carbocycles. The number of anilines is 1. The van der Waals surface area contributed by atoms with Crippen LogP contribution in [0.25, 0.3) is 0 Å². The summed E-state index contributed by atoms with van der Waals surface area (Å²) in [4.78, 5) is 11.6. The second kappa shape index (κ2) is 6.44. The molecule has 1 aromatic carbocycles. The zero-order chi connectivity index (χ0) is 13.5. The van der Waals surface area contributed by atoms with Crippen molar-refractivity contribution >= 4 is 11.7 Å². The fourth-order valence-electron chi connectivity index (χ4n) is 1.54. The molecule has 0 unspecified atom stereocenters. The van der Waals surface area contributed by atoms with Crippen LogP contribution >= 0.6 is 0 Å². The normalized spacial score (nSPS) is 10.1. The molecule has 100 valence electrons. The molecule has 0 fully saturated rings. The summed E-state index contributed by atoms with van der Waals surface area (Å²) >= 11 is 0. The summed E-state index contributed by atoms with van der Waals surface area (Å²) in [5, 5.41) is 6.67. The van der Waals surface area contributed by atoms with Gasteiger partial charge in [0.2, 0.25) is 5.91 Å². The molecule has 0 radical (unpaired) electrons. The van der Waals surface area contributed by atoms with Crippen molar-refractivity contribution in [2.75, 3.05) is 18.9 Å². The average Bonchev–Trinajstić information content (AvgIpc) is 2.81. The van der Waals surface area contributed by atoms with Gasteiger partial charge in [0, 0.05) is 6.20 Å². The molecule has 2 rings (SSSR count). The first-order chi connectivity index (χ1) is 9.24. The Bertz CT molecular complexity index is 524. The van der Waals surface area contributed by atoms with E-state index in [1.54, 1.807) is 12.3 Å². The van der Waals surface area contributed by atoms with Gasteiger partial charge >= 0.3 is 0 Å². The Labute approximate surface area is 111 Å². The second-order valence-corrected chi connectivity index (χ2v) is 3.95. The van der Waals surface area contributed by atoms with Crippen LogP contribution in [0.2, 0.25) is 0 Å². The molecule has 19 heavy (non-hydrogen) atoms. The van der Waals surface area contributed by atoms with E-state index in [0.717, 1.165) is 5.75 Å². The van der Waals surface area contributed by atoms with Gasteiger partial charge in [0.25, 0.3) is 0 Å². The van der Waals surface area contributed by atoms with E-state index in [2.05, 4.69) is 10.4 Å². The minimum absolute atomic E-state index is 0.125. The first-order valence-electron chi connectivity index (χ1n) is 5.97. The molecule has 6 heteroatoms. The van der Waals surface area contributed by atoms with Crippen molar-refractivity contribution in [3.05, 3.63) is 42.6 Å². The summed E-state index contributed by atoms with van der Waals surface area (Å²) in [6.07, 6.45) is 1.66. The molecular weight excluding hydrogens is 244 g/mol. The highest BCUT2D eigenvalue weighted by Gasteiger charge is 2.03. The Hall–Kier alpha value is -2.50. The lowest BCUT2D eigenvalue weighted by molar-refractivity contribution is -0.121. The third kappa shape index (κ3) is 4.34. The summed E-state index contributed by atoms with van der Waals surface area (Å²) in [6.45, 7) is 1.03. The number of benzene rings is 1. The Kier molecular flexibility index (Phi) is 4.39.